The van der Waals surface area contributed by atoms with Crippen LogP contribution in [0.25, 0.3) is 11.3 Å². The van der Waals surface area contributed by atoms with Crippen LogP contribution in [0.3, 0.4) is 0 Å². The Morgan fingerprint density at radius 1 is 1.00 bits per heavy atom. The normalized spacial score (nSPS) is 15.1. The molecule has 2 heterocycles. The summed E-state index contributed by atoms with van der Waals surface area (Å²) in [5.74, 6) is -0.0959. The second-order valence-electron chi connectivity index (χ2n) is 7.84. The SMILES string of the molecule is Cc1ccc(-c2ccc(=O)n(C(C)C(=O)N3CCN(c4cccc(Cl)c4)CC3)n2)cc1. The average molecular weight is 437 g/mol. The Kier molecular flexibility index (Phi) is 6.09. The van der Waals surface area contributed by atoms with Gasteiger partial charge >= 0.3 is 0 Å². The Morgan fingerprint density at radius 2 is 1.71 bits per heavy atom. The Morgan fingerprint density at radius 3 is 2.39 bits per heavy atom. The Hall–Kier alpha value is -3.12. The zero-order valence-corrected chi connectivity index (χ0v) is 18.4. The summed E-state index contributed by atoms with van der Waals surface area (Å²) in [6.07, 6.45) is 0. The van der Waals surface area contributed by atoms with Crippen molar-refractivity contribution in [3.8, 4) is 11.3 Å². The van der Waals surface area contributed by atoms with E-state index in [1.54, 1.807) is 17.9 Å². The van der Waals surface area contributed by atoms with Gasteiger partial charge in [-0.3, -0.25) is 9.59 Å². The Balaban J connectivity index is 1.48. The first kappa shape index (κ1) is 21.1. The molecule has 0 saturated carbocycles. The molecule has 0 aliphatic carbocycles. The van der Waals surface area contributed by atoms with Gasteiger partial charge in [0.2, 0.25) is 5.91 Å². The van der Waals surface area contributed by atoms with Crippen LogP contribution in [0, 0.1) is 6.92 Å². The second-order valence-corrected chi connectivity index (χ2v) is 8.27. The predicted octanol–water partition coefficient (Wildman–Crippen LogP) is 3.78. The standard InChI is InChI=1S/C24H25ClN4O2/c1-17-6-8-19(9-7-17)22-10-11-23(30)29(26-22)18(2)24(31)28-14-12-27(13-15-28)21-5-3-4-20(25)16-21/h3-11,16,18H,12-15H2,1-2H3. The van der Waals surface area contributed by atoms with Crippen molar-refractivity contribution in [2.24, 2.45) is 0 Å². The molecule has 0 spiro atoms. The fraction of sp³-hybridized carbons (Fsp3) is 0.292. The fourth-order valence-corrected chi connectivity index (χ4v) is 3.99. The highest BCUT2D eigenvalue weighted by Crippen LogP contribution is 2.22. The van der Waals surface area contributed by atoms with Crippen LogP contribution in [0.4, 0.5) is 5.69 Å². The van der Waals surface area contributed by atoms with Crippen molar-refractivity contribution in [3.05, 3.63) is 81.6 Å². The highest BCUT2D eigenvalue weighted by atomic mass is 35.5. The van der Waals surface area contributed by atoms with E-state index in [9.17, 15) is 9.59 Å². The Bertz CT molecular complexity index is 1130. The lowest BCUT2D eigenvalue weighted by atomic mass is 10.1. The van der Waals surface area contributed by atoms with Crippen molar-refractivity contribution in [2.75, 3.05) is 31.1 Å². The van der Waals surface area contributed by atoms with E-state index in [0.717, 1.165) is 16.8 Å². The zero-order valence-electron chi connectivity index (χ0n) is 17.7. The van der Waals surface area contributed by atoms with Gasteiger partial charge in [0.25, 0.3) is 5.56 Å². The third-order valence-electron chi connectivity index (χ3n) is 5.66. The molecule has 2 aromatic carbocycles. The first-order valence-electron chi connectivity index (χ1n) is 10.4. The van der Waals surface area contributed by atoms with Crippen molar-refractivity contribution in [1.29, 1.82) is 0 Å². The van der Waals surface area contributed by atoms with Crippen molar-refractivity contribution in [1.82, 2.24) is 14.7 Å². The van der Waals surface area contributed by atoms with Gasteiger partial charge in [-0.1, -0.05) is 47.5 Å². The molecule has 31 heavy (non-hydrogen) atoms. The van der Waals surface area contributed by atoms with E-state index in [-0.39, 0.29) is 11.5 Å². The highest BCUT2D eigenvalue weighted by molar-refractivity contribution is 6.30. The number of benzene rings is 2. The largest absolute Gasteiger partial charge is 0.368 e. The van der Waals surface area contributed by atoms with Gasteiger partial charge in [0.05, 0.1) is 5.69 Å². The molecule has 1 saturated heterocycles. The van der Waals surface area contributed by atoms with E-state index in [0.29, 0.717) is 36.9 Å². The summed E-state index contributed by atoms with van der Waals surface area (Å²) in [5.41, 5.74) is 3.50. The Labute approximate surface area is 186 Å². The molecule has 0 bridgehead atoms. The molecule has 0 N–H and O–H groups in total. The highest BCUT2D eigenvalue weighted by Gasteiger charge is 2.27. The average Bonchev–Trinajstić information content (AvgIpc) is 2.79. The molecule has 3 aromatic rings. The number of hydrogen-bond donors (Lipinski definition) is 0. The van der Waals surface area contributed by atoms with Crippen LogP contribution in [0.5, 0.6) is 0 Å². The van der Waals surface area contributed by atoms with E-state index >= 15 is 0 Å². The zero-order chi connectivity index (χ0) is 22.0. The molecule has 1 fully saturated rings. The van der Waals surface area contributed by atoms with Crippen LogP contribution in [0.15, 0.2) is 65.5 Å². The van der Waals surface area contributed by atoms with Crippen LogP contribution in [0.1, 0.15) is 18.5 Å². The third-order valence-corrected chi connectivity index (χ3v) is 5.90. The van der Waals surface area contributed by atoms with Gasteiger partial charge in [-0.15, -0.1) is 0 Å². The summed E-state index contributed by atoms with van der Waals surface area (Å²) in [4.78, 5) is 29.6. The van der Waals surface area contributed by atoms with E-state index in [2.05, 4.69) is 10.00 Å². The number of carbonyl (C=O) groups is 1. The van der Waals surface area contributed by atoms with E-state index in [4.69, 9.17) is 11.6 Å². The number of halogens is 1. The molecule has 4 rings (SSSR count). The summed E-state index contributed by atoms with van der Waals surface area (Å²) in [6, 6.07) is 18.2. The molecule has 1 aromatic heterocycles. The lowest BCUT2D eigenvalue weighted by Crippen LogP contribution is -2.51. The van der Waals surface area contributed by atoms with Gasteiger partial charge < -0.3 is 9.80 Å². The van der Waals surface area contributed by atoms with Gasteiger partial charge in [-0.05, 0) is 38.1 Å². The third kappa shape index (κ3) is 4.64. The monoisotopic (exact) mass is 436 g/mol. The number of carbonyl (C=O) groups excluding carboxylic acids is 1. The number of aromatic nitrogens is 2. The van der Waals surface area contributed by atoms with Crippen LogP contribution in [-0.2, 0) is 4.79 Å². The quantitative estimate of drug-likeness (QED) is 0.624. The number of amides is 1. The first-order chi connectivity index (χ1) is 14.9. The van der Waals surface area contributed by atoms with Crippen LogP contribution in [0.2, 0.25) is 5.02 Å². The fourth-order valence-electron chi connectivity index (χ4n) is 3.81. The minimum atomic E-state index is -0.671. The number of anilines is 1. The molecule has 6 nitrogen and oxygen atoms in total. The van der Waals surface area contributed by atoms with Crippen molar-refractivity contribution in [2.45, 2.75) is 19.9 Å². The number of piperazine rings is 1. The minimum Gasteiger partial charge on any atom is -0.368 e. The molecule has 1 atom stereocenters. The summed E-state index contributed by atoms with van der Waals surface area (Å²) >= 11 is 6.10. The second kappa shape index (κ2) is 8.94. The number of aryl methyl sites for hydroxylation is 1. The molecular weight excluding hydrogens is 412 g/mol. The maximum absolute atomic E-state index is 13.1. The van der Waals surface area contributed by atoms with E-state index in [1.807, 2.05) is 55.5 Å². The smallest absolute Gasteiger partial charge is 0.267 e. The van der Waals surface area contributed by atoms with Gasteiger partial charge in [-0.25, -0.2) is 4.68 Å². The maximum Gasteiger partial charge on any atom is 0.267 e. The van der Waals surface area contributed by atoms with Crippen molar-refractivity contribution >= 4 is 23.2 Å². The van der Waals surface area contributed by atoms with Crippen LogP contribution in [-0.4, -0.2) is 46.8 Å². The summed E-state index contributed by atoms with van der Waals surface area (Å²) in [7, 11) is 0. The first-order valence-corrected chi connectivity index (χ1v) is 10.8. The summed E-state index contributed by atoms with van der Waals surface area (Å²) in [6.45, 7) is 6.35. The number of nitrogens with zero attached hydrogens (tertiary/aromatic N) is 4. The molecule has 1 aliphatic rings. The molecule has 160 valence electrons. The van der Waals surface area contributed by atoms with Crippen LogP contribution < -0.4 is 10.5 Å². The van der Waals surface area contributed by atoms with E-state index < -0.39 is 6.04 Å². The van der Waals surface area contributed by atoms with Gasteiger partial charge in [0.15, 0.2) is 0 Å². The molecule has 0 radical (unpaired) electrons. The van der Waals surface area contributed by atoms with Gasteiger partial charge in [-0.2, -0.15) is 5.10 Å². The topological polar surface area (TPSA) is 58.4 Å². The molecule has 7 heteroatoms. The summed E-state index contributed by atoms with van der Waals surface area (Å²) < 4.78 is 1.29. The van der Waals surface area contributed by atoms with Crippen molar-refractivity contribution < 1.29 is 4.79 Å². The van der Waals surface area contributed by atoms with Crippen molar-refractivity contribution in [3.63, 3.8) is 0 Å². The molecular formula is C24H25ClN4O2. The molecule has 1 unspecified atom stereocenters. The number of rotatable bonds is 4. The van der Waals surface area contributed by atoms with Gasteiger partial charge in [0, 0.05) is 48.5 Å². The molecule has 1 amide bonds. The lowest BCUT2D eigenvalue weighted by molar-refractivity contribution is -0.135. The predicted molar refractivity (Wildman–Crippen MR) is 124 cm³/mol. The van der Waals surface area contributed by atoms with Gasteiger partial charge in [0.1, 0.15) is 6.04 Å². The molecule has 1 aliphatic heterocycles. The minimum absolute atomic E-state index is 0.0959. The maximum atomic E-state index is 13.1. The van der Waals surface area contributed by atoms with Crippen LogP contribution >= 0.6 is 11.6 Å². The number of hydrogen-bond acceptors (Lipinski definition) is 4. The van der Waals surface area contributed by atoms with E-state index in [1.165, 1.54) is 10.7 Å². The lowest BCUT2D eigenvalue weighted by Gasteiger charge is -2.37. The summed E-state index contributed by atoms with van der Waals surface area (Å²) in [5, 5.41) is 5.19.